The molecule has 7 nitrogen and oxygen atoms in total. The summed E-state index contributed by atoms with van der Waals surface area (Å²) in [7, 11) is -1.93. The molecule has 0 radical (unpaired) electrons. The lowest BCUT2D eigenvalue weighted by atomic mass is 10.3. The van der Waals surface area contributed by atoms with Crippen LogP contribution in [0.5, 0.6) is 0 Å². The predicted octanol–water partition coefficient (Wildman–Crippen LogP) is -0.466. The zero-order valence-electron chi connectivity index (χ0n) is 9.56. The van der Waals surface area contributed by atoms with E-state index in [0.29, 0.717) is 11.4 Å². The van der Waals surface area contributed by atoms with Crippen LogP contribution < -0.4 is 15.2 Å². The van der Waals surface area contributed by atoms with Crippen molar-refractivity contribution in [2.45, 2.75) is 26.4 Å². The predicted molar refractivity (Wildman–Crippen MR) is 61.9 cm³/mol. The van der Waals surface area contributed by atoms with Crippen molar-refractivity contribution in [2.75, 3.05) is 4.72 Å². The third-order valence-corrected chi connectivity index (χ3v) is 3.10. The highest BCUT2D eigenvalue weighted by Gasteiger charge is 2.16. The molecule has 0 aromatic carbocycles. The molecule has 0 aliphatic rings. The van der Waals surface area contributed by atoms with Gasteiger partial charge < -0.3 is 5.73 Å². The molecule has 92 valence electrons. The molecule has 0 unspecified atom stereocenters. The SMILES string of the molecule is CC(C)NS(=O)(=O)Nc1c(CN)cnn1C. The summed E-state index contributed by atoms with van der Waals surface area (Å²) in [6.07, 6.45) is 1.53. The number of nitrogens with one attached hydrogen (secondary N) is 2. The largest absolute Gasteiger partial charge is 0.326 e. The van der Waals surface area contributed by atoms with E-state index in [0.717, 1.165) is 0 Å². The Labute approximate surface area is 95.2 Å². The maximum Gasteiger partial charge on any atom is 0.300 e. The number of aromatic nitrogens is 2. The van der Waals surface area contributed by atoms with Crippen molar-refractivity contribution in [3.8, 4) is 0 Å². The number of anilines is 1. The molecule has 1 rings (SSSR count). The van der Waals surface area contributed by atoms with E-state index in [1.807, 2.05) is 0 Å². The van der Waals surface area contributed by atoms with Crippen molar-refractivity contribution in [1.29, 1.82) is 0 Å². The first-order valence-electron chi connectivity index (χ1n) is 4.86. The van der Waals surface area contributed by atoms with Crippen molar-refractivity contribution in [3.05, 3.63) is 11.8 Å². The van der Waals surface area contributed by atoms with Crippen molar-refractivity contribution in [3.63, 3.8) is 0 Å². The second-order valence-electron chi connectivity index (χ2n) is 3.72. The van der Waals surface area contributed by atoms with Gasteiger partial charge in [0.15, 0.2) is 0 Å². The topological polar surface area (TPSA) is 102 Å². The highest BCUT2D eigenvalue weighted by Crippen LogP contribution is 2.14. The van der Waals surface area contributed by atoms with Crippen LogP contribution in [-0.4, -0.2) is 24.2 Å². The van der Waals surface area contributed by atoms with Crippen molar-refractivity contribution >= 4 is 16.0 Å². The first-order valence-corrected chi connectivity index (χ1v) is 6.35. The summed E-state index contributed by atoms with van der Waals surface area (Å²) in [5.74, 6) is 0.385. The van der Waals surface area contributed by atoms with E-state index in [1.54, 1.807) is 20.9 Å². The van der Waals surface area contributed by atoms with Crippen LogP contribution in [0.1, 0.15) is 19.4 Å². The van der Waals surface area contributed by atoms with Crippen LogP contribution in [0.4, 0.5) is 5.82 Å². The normalized spacial score (nSPS) is 12.1. The molecule has 4 N–H and O–H groups in total. The summed E-state index contributed by atoms with van der Waals surface area (Å²) in [4.78, 5) is 0. The smallest absolute Gasteiger partial charge is 0.300 e. The second-order valence-corrected chi connectivity index (χ2v) is 5.17. The third kappa shape index (κ3) is 3.19. The molecule has 0 spiro atoms. The summed E-state index contributed by atoms with van der Waals surface area (Å²) in [6, 6.07) is -0.174. The molecule has 16 heavy (non-hydrogen) atoms. The minimum Gasteiger partial charge on any atom is -0.326 e. The van der Waals surface area contributed by atoms with Crippen LogP contribution in [0, 0.1) is 0 Å². The zero-order valence-corrected chi connectivity index (χ0v) is 10.4. The van der Waals surface area contributed by atoms with Gasteiger partial charge in [-0.1, -0.05) is 0 Å². The first-order chi connectivity index (χ1) is 7.35. The van der Waals surface area contributed by atoms with Crippen molar-refractivity contribution < 1.29 is 8.42 Å². The van der Waals surface area contributed by atoms with Gasteiger partial charge in [-0.05, 0) is 13.8 Å². The summed E-state index contributed by atoms with van der Waals surface area (Å²) in [5.41, 5.74) is 6.13. The Morgan fingerprint density at radius 2 is 2.19 bits per heavy atom. The molecule has 0 saturated heterocycles. The molecule has 0 bridgehead atoms. The second kappa shape index (κ2) is 4.81. The molecule has 0 aliphatic heterocycles. The molecule has 1 aromatic heterocycles. The monoisotopic (exact) mass is 247 g/mol. The average molecular weight is 247 g/mol. The Balaban J connectivity index is 2.91. The molecule has 0 saturated carbocycles. The Morgan fingerprint density at radius 1 is 1.56 bits per heavy atom. The van der Waals surface area contributed by atoms with E-state index in [1.165, 1.54) is 10.9 Å². The van der Waals surface area contributed by atoms with Gasteiger partial charge in [0, 0.05) is 25.2 Å². The zero-order chi connectivity index (χ0) is 12.3. The van der Waals surface area contributed by atoms with Gasteiger partial charge in [0.1, 0.15) is 5.82 Å². The van der Waals surface area contributed by atoms with Crippen LogP contribution in [0.2, 0.25) is 0 Å². The van der Waals surface area contributed by atoms with Gasteiger partial charge in [-0.2, -0.15) is 18.2 Å². The Morgan fingerprint density at radius 3 is 2.69 bits per heavy atom. The molecular formula is C8H17N5O2S. The van der Waals surface area contributed by atoms with E-state index >= 15 is 0 Å². The maximum absolute atomic E-state index is 11.6. The van der Waals surface area contributed by atoms with Crippen LogP contribution in [-0.2, 0) is 23.8 Å². The number of rotatable bonds is 5. The minimum absolute atomic E-state index is 0.174. The van der Waals surface area contributed by atoms with E-state index in [9.17, 15) is 8.42 Å². The fourth-order valence-electron chi connectivity index (χ4n) is 1.23. The Kier molecular flexibility index (Phi) is 3.89. The van der Waals surface area contributed by atoms with Gasteiger partial charge in [0.25, 0.3) is 10.2 Å². The van der Waals surface area contributed by atoms with E-state index in [2.05, 4.69) is 14.5 Å². The lowest BCUT2D eigenvalue weighted by molar-refractivity contribution is 0.574. The van der Waals surface area contributed by atoms with Gasteiger partial charge in [-0.25, -0.2) is 0 Å². The van der Waals surface area contributed by atoms with E-state index < -0.39 is 10.2 Å². The molecule has 0 fully saturated rings. The molecule has 0 amide bonds. The number of hydrogen-bond acceptors (Lipinski definition) is 4. The standard InChI is InChI=1S/C8H17N5O2S/c1-6(2)11-16(14,15)12-8-7(4-9)5-10-13(8)3/h5-6,11-12H,4,9H2,1-3H3. The summed E-state index contributed by atoms with van der Waals surface area (Å²) in [5, 5.41) is 3.93. The lowest BCUT2D eigenvalue weighted by Gasteiger charge is -2.12. The van der Waals surface area contributed by atoms with Gasteiger partial charge in [-0.3, -0.25) is 9.40 Å². The van der Waals surface area contributed by atoms with Crippen molar-refractivity contribution in [1.82, 2.24) is 14.5 Å². The van der Waals surface area contributed by atoms with Crippen molar-refractivity contribution in [2.24, 2.45) is 12.8 Å². The Hall–Kier alpha value is -1.12. The number of nitrogens with two attached hydrogens (primary N) is 1. The van der Waals surface area contributed by atoms with Gasteiger partial charge >= 0.3 is 0 Å². The highest BCUT2D eigenvalue weighted by molar-refractivity contribution is 7.90. The fourth-order valence-corrected chi connectivity index (χ4v) is 2.43. The van der Waals surface area contributed by atoms with E-state index in [-0.39, 0.29) is 12.6 Å². The van der Waals surface area contributed by atoms with Crippen LogP contribution >= 0.6 is 0 Å². The molecule has 1 heterocycles. The van der Waals surface area contributed by atoms with Crippen LogP contribution in [0.25, 0.3) is 0 Å². The number of nitrogens with zero attached hydrogens (tertiary/aromatic N) is 2. The van der Waals surface area contributed by atoms with Crippen LogP contribution in [0.3, 0.4) is 0 Å². The van der Waals surface area contributed by atoms with Gasteiger partial charge in [0.2, 0.25) is 0 Å². The first kappa shape index (κ1) is 12.9. The maximum atomic E-state index is 11.6. The lowest BCUT2D eigenvalue weighted by Crippen LogP contribution is -2.36. The fraction of sp³-hybridized carbons (Fsp3) is 0.625. The summed E-state index contributed by atoms with van der Waals surface area (Å²) < 4.78 is 29.5. The van der Waals surface area contributed by atoms with Gasteiger partial charge in [0.05, 0.1) is 6.20 Å². The Bertz CT molecular complexity index is 451. The van der Waals surface area contributed by atoms with E-state index in [4.69, 9.17) is 5.73 Å². The molecule has 8 heteroatoms. The average Bonchev–Trinajstić information content (AvgIpc) is 2.45. The minimum atomic E-state index is -3.58. The molecule has 1 aromatic rings. The quantitative estimate of drug-likeness (QED) is 0.654. The molecule has 0 atom stereocenters. The van der Waals surface area contributed by atoms with Crippen LogP contribution in [0.15, 0.2) is 6.20 Å². The van der Waals surface area contributed by atoms with Gasteiger partial charge in [-0.15, -0.1) is 0 Å². The third-order valence-electron chi connectivity index (χ3n) is 1.86. The summed E-state index contributed by atoms with van der Waals surface area (Å²) >= 11 is 0. The summed E-state index contributed by atoms with van der Waals surface area (Å²) in [6.45, 7) is 3.71. The highest BCUT2D eigenvalue weighted by atomic mass is 32.2. The molecular weight excluding hydrogens is 230 g/mol. The molecule has 0 aliphatic carbocycles. The number of aryl methyl sites for hydroxylation is 1. The number of hydrogen-bond donors (Lipinski definition) is 3.